The van der Waals surface area contributed by atoms with Crippen LogP contribution in [0.2, 0.25) is 0 Å². The zero-order valence-electron chi connectivity index (χ0n) is 17.2. The number of hydrogen-bond donors (Lipinski definition) is 0. The highest BCUT2D eigenvalue weighted by molar-refractivity contribution is 8.01. The highest BCUT2D eigenvalue weighted by Gasteiger charge is 2.10. The van der Waals surface area contributed by atoms with Crippen LogP contribution in [0.3, 0.4) is 0 Å². The molecule has 10 heteroatoms. The van der Waals surface area contributed by atoms with E-state index in [1.165, 1.54) is 0 Å². The van der Waals surface area contributed by atoms with Crippen LogP contribution in [0.15, 0.2) is 0 Å². The molecule has 0 aromatic rings. The van der Waals surface area contributed by atoms with Crippen LogP contribution >= 0.6 is 58.8 Å². The van der Waals surface area contributed by atoms with Gasteiger partial charge in [-0.15, -0.1) is 0 Å². The number of carbonyl (C=O) groups is 5. The van der Waals surface area contributed by atoms with Gasteiger partial charge in [0.1, 0.15) is 28.9 Å². The van der Waals surface area contributed by atoms with Crippen molar-refractivity contribution in [1.82, 2.24) is 0 Å². The van der Waals surface area contributed by atoms with Crippen molar-refractivity contribution in [3.63, 3.8) is 0 Å². The number of carbonyl (C=O) groups excluding carboxylic acids is 5. The van der Waals surface area contributed by atoms with Gasteiger partial charge >= 0.3 is 0 Å². The van der Waals surface area contributed by atoms with Gasteiger partial charge in [-0.05, 0) is 0 Å². The van der Waals surface area contributed by atoms with Crippen molar-refractivity contribution in [1.29, 1.82) is 0 Å². The summed E-state index contributed by atoms with van der Waals surface area (Å²) in [5.74, 6) is 11.2. The number of Topliss-reactive ketones (excluding diaryl/α,β-unsaturated/α-hetero) is 5. The summed E-state index contributed by atoms with van der Waals surface area (Å²) < 4.78 is 0. The van der Waals surface area contributed by atoms with E-state index in [1.54, 1.807) is 58.8 Å². The van der Waals surface area contributed by atoms with Gasteiger partial charge in [-0.1, -0.05) is 0 Å². The number of rotatable bonds is 0. The fourth-order valence-corrected chi connectivity index (χ4v) is 6.66. The summed E-state index contributed by atoms with van der Waals surface area (Å²) in [6, 6.07) is 0. The molecule has 5 aliphatic rings. The van der Waals surface area contributed by atoms with Gasteiger partial charge in [-0.3, -0.25) is 24.0 Å². The molecule has 5 aliphatic heterocycles. The number of thioether (sulfide) groups is 5. The molecule has 0 saturated carbocycles. The molecule has 0 unspecified atom stereocenters. The summed E-state index contributed by atoms with van der Waals surface area (Å²) in [5.41, 5.74) is 0. The zero-order valence-corrected chi connectivity index (χ0v) is 21.3. The normalized spacial score (nSPS) is 22.3. The Kier molecular flexibility index (Phi) is 17.5. The predicted molar refractivity (Wildman–Crippen MR) is 135 cm³/mol. The average molecular weight is 511 g/mol. The zero-order chi connectivity index (χ0) is 22.0. The van der Waals surface area contributed by atoms with Crippen LogP contribution in [0.5, 0.6) is 0 Å². The molecule has 0 amide bonds. The third kappa shape index (κ3) is 16.8. The first kappa shape index (κ1) is 28.1. The molecular formula is C20H30O5S5. The van der Waals surface area contributed by atoms with Crippen molar-refractivity contribution in [3.8, 4) is 0 Å². The van der Waals surface area contributed by atoms with Crippen molar-refractivity contribution in [2.24, 2.45) is 0 Å². The van der Waals surface area contributed by atoms with E-state index in [0.29, 0.717) is 28.9 Å². The molecule has 0 aromatic carbocycles. The summed E-state index contributed by atoms with van der Waals surface area (Å²) in [7, 11) is 0. The van der Waals surface area contributed by atoms with Crippen molar-refractivity contribution >= 4 is 87.7 Å². The maximum Gasteiger partial charge on any atom is 0.143 e. The van der Waals surface area contributed by atoms with Crippen LogP contribution in [-0.2, 0) is 24.0 Å². The molecule has 0 radical (unpaired) electrons. The van der Waals surface area contributed by atoms with E-state index in [4.69, 9.17) is 0 Å². The molecule has 0 bridgehead atoms. The standard InChI is InChI=1S/5C4H6OS/c5*5-4-1-2-6-3-4/h5*1-3H2. The molecule has 5 fully saturated rings. The summed E-state index contributed by atoms with van der Waals surface area (Å²) in [6.45, 7) is 0. The van der Waals surface area contributed by atoms with Gasteiger partial charge in [0.25, 0.3) is 0 Å². The third-order valence-corrected chi connectivity index (χ3v) is 9.04. The molecule has 170 valence electrons. The summed E-state index contributed by atoms with van der Waals surface area (Å²) in [6.07, 6.45) is 4.05. The van der Waals surface area contributed by atoms with Crippen LogP contribution in [0.1, 0.15) is 32.1 Å². The van der Waals surface area contributed by atoms with E-state index >= 15 is 0 Å². The monoisotopic (exact) mass is 510 g/mol. The summed E-state index contributed by atoms with van der Waals surface area (Å²) >= 11 is 8.66. The summed E-state index contributed by atoms with van der Waals surface area (Å²) in [4.78, 5) is 51.1. The SMILES string of the molecule is O=C1CCSC1.O=C1CCSC1.O=C1CCSC1.O=C1CCSC1.O=C1CCSC1. The fourth-order valence-electron chi connectivity index (χ4n) is 2.22. The van der Waals surface area contributed by atoms with E-state index in [2.05, 4.69) is 0 Å². The smallest absolute Gasteiger partial charge is 0.143 e. The molecule has 5 saturated heterocycles. The van der Waals surface area contributed by atoms with Crippen LogP contribution in [0.25, 0.3) is 0 Å². The van der Waals surface area contributed by atoms with Gasteiger partial charge in [0.15, 0.2) is 0 Å². The Morgan fingerprint density at radius 2 is 0.500 bits per heavy atom. The van der Waals surface area contributed by atoms with Gasteiger partial charge in [0, 0.05) is 60.9 Å². The molecule has 5 rings (SSSR count). The van der Waals surface area contributed by atoms with Crippen LogP contribution in [0, 0.1) is 0 Å². The molecule has 0 N–H and O–H groups in total. The summed E-state index contributed by atoms with van der Waals surface area (Å²) in [5, 5.41) is 0. The minimum Gasteiger partial charge on any atom is -0.299 e. The van der Waals surface area contributed by atoms with Crippen LogP contribution in [0.4, 0.5) is 0 Å². The van der Waals surface area contributed by atoms with E-state index < -0.39 is 0 Å². The molecule has 0 spiro atoms. The molecule has 5 heterocycles. The fraction of sp³-hybridized carbons (Fsp3) is 0.750. The lowest BCUT2D eigenvalue weighted by molar-refractivity contribution is -0.116. The average Bonchev–Trinajstić information content (AvgIpc) is 3.50. The molecule has 30 heavy (non-hydrogen) atoms. The van der Waals surface area contributed by atoms with Crippen molar-refractivity contribution in [2.75, 3.05) is 57.5 Å². The lowest BCUT2D eigenvalue weighted by Crippen LogP contribution is -1.89. The topological polar surface area (TPSA) is 85.3 Å². The second-order valence-electron chi connectivity index (χ2n) is 6.71. The van der Waals surface area contributed by atoms with Gasteiger partial charge in [-0.25, -0.2) is 0 Å². The highest BCUT2D eigenvalue weighted by Crippen LogP contribution is 2.13. The van der Waals surface area contributed by atoms with Gasteiger partial charge in [0.2, 0.25) is 0 Å². The Hall–Kier alpha value is 0.1000. The maximum atomic E-state index is 10.2. The third-order valence-electron chi connectivity index (χ3n) is 3.94. The van der Waals surface area contributed by atoms with Gasteiger partial charge in [0.05, 0.1) is 28.8 Å². The highest BCUT2D eigenvalue weighted by atomic mass is 32.2. The Morgan fingerprint density at radius 3 is 0.533 bits per heavy atom. The first-order valence-electron chi connectivity index (χ1n) is 9.94. The Bertz CT molecular complexity index is 426. The van der Waals surface area contributed by atoms with Crippen molar-refractivity contribution in [3.05, 3.63) is 0 Å². The van der Waals surface area contributed by atoms with Gasteiger partial charge in [-0.2, -0.15) is 58.8 Å². The van der Waals surface area contributed by atoms with E-state index in [1.807, 2.05) is 0 Å². The second kappa shape index (κ2) is 18.7. The Balaban J connectivity index is 0.000000187. The van der Waals surface area contributed by atoms with Crippen molar-refractivity contribution in [2.45, 2.75) is 32.1 Å². The minimum absolute atomic E-state index is 0.417. The second-order valence-corrected chi connectivity index (χ2v) is 12.2. The Labute approximate surface area is 200 Å². The molecule has 0 atom stereocenters. The maximum absolute atomic E-state index is 10.2. The predicted octanol–water partition coefficient (Wildman–Crippen LogP) is 3.46. The van der Waals surface area contributed by atoms with Gasteiger partial charge < -0.3 is 0 Å². The largest absolute Gasteiger partial charge is 0.299 e. The first-order chi connectivity index (χ1) is 14.5. The Morgan fingerprint density at radius 1 is 0.333 bits per heavy atom. The number of ketones is 5. The lowest BCUT2D eigenvalue weighted by Gasteiger charge is -1.70. The van der Waals surface area contributed by atoms with E-state index in [-0.39, 0.29) is 0 Å². The quantitative estimate of drug-likeness (QED) is 0.483. The number of hydrogen-bond acceptors (Lipinski definition) is 10. The molecular weight excluding hydrogens is 481 g/mol. The molecule has 0 aliphatic carbocycles. The van der Waals surface area contributed by atoms with Crippen molar-refractivity contribution < 1.29 is 24.0 Å². The molecule has 5 nitrogen and oxygen atoms in total. The lowest BCUT2D eigenvalue weighted by atomic mass is 10.4. The molecule has 0 aromatic heterocycles. The van der Waals surface area contributed by atoms with Crippen LogP contribution in [-0.4, -0.2) is 86.4 Å². The minimum atomic E-state index is 0.417. The van der Waals surface area contributed by atoms with E-state index in [0.717, 1.165) is 89.6 Å². The van der Waals surface area contributed by atoms with E-state index in [9.17, 15) is 24.0 Å². The first-order valence-corrected chi connectivity index (χ1v) is 15.7. The van der Waals surface area contributed by atoms with Crippen LogP contribution < -0.4 is 0 Å².